The summed E-state index contributed by atoms with van der Waals surface area (Å²) in [6.07, 6.45) is 0. The van der Waals surface area contributed by atoms with Crippen LogP contribution in [0.15, 0.2) is 58.8 Å². The molecule has 7 nitrogen and oxygen atoms in total. The molecule has 0 spiro atoms. The molecule has 0 aliphatic rings. The number of rotatable bonds is 6. The zero-order valence-corrected chi connectivity index (χ0v) is 17.0. The van der Waals surface area contributed by atoms with Gasteiger partial charge in [0.25, 0.3) is 0 Å². The van der Waals surface area contributed by atoms with Crippen LogP contribution in [0.3, 0.4) is 0 Å². The number of benzene rings is 2. The van der Waals surface area contributed by atoms with E-state index in [1.54, 1.807) is 18.3 Å². The molecule has 1 heterocycles. The smallest absolute Gasteiger partial charge is 0.246 e. The minimum absolute atomic E-state index is 0.00855. The third-order valence-corrected chi connectivity index (χ3v) is 5.71. The van der Waals surface area contributed by atoms with Gasteiger partial charge in [0.1, 0.15) is 6.04 Å². The van der Waals surface area contributed by atoms with Crippen molar-refractivity contribution in [1.82, 2.24) is 4.98 Å². The summed E-state index contributed by atoms with van der Waals surface area (Å²) in [4.78, 5) is 16.9. The Kier molecular flexibility index (Phi) is 5.78. The summed E-state index contributed by atoms with van der Waals surface area (Å²) >= 11 is 1.59. The number of anilines is 2. The van der Waals surface area contributed by atoms with E-state index in [0.717, 1.165) is 22.0 Å². The van der Waals surface area contributed by atoms with Gasteiger partial charge in [-0.2, -0.15) is 0 Å². The molecule has 0 aliphatic carbocycles. The van der Waals surface area contributed by atoms with E-state index >= 15 is 0 Å². The second-order valence-electron chi connectivity index (χ2n) is 6.26. The van der Waals surface area contributed by atoms with Crippen LogP contribution in [0.4, 0.5) is 11.4 Å². The first-order chi connectivity index (χ1) is 13.2. The van der Waals surface area contributed by atoms with Crippen LogP contribution >= 0.6 is 11.3 Å². The minimum Gasteiger partial charge on any atom is -0.374 e. The number of aromatic nitrogens is 1. The van der Waals surface area contributed by atoms with Crippen molar-refractivity contribution in [3.8, 4) is 11.3 Å². The summed E-state index contributed by atoms with van der Waals surface area (Å²) in [6, 6.07) is 12.9. The molecule has 0 bridgehead atoms. The highest BCUT2D eigenvalue weighted by Crippen LogP contribution is 2.24. The van der Waals surface area contributed by atoms with Gasteiger partial charge in [-0.15, -0.1) is 11.3 Å². The zero-order valence-electron chi connectivity index (χ0n) is 15.3. The number of nitrogens with one attached hydrogen (secondary N) is 2. The van der Waals surface area contributed by atoms with Gasteiger partial charge in [0, 0.05) is 22.3 Å². The van der Waals surface area contributed by atoms with Gasteiger partial charge in [0.2, 0.25) is 15.9 Å². The Bertz CT molecular complexity index is 1090. The van der Waals surface area contributed by atoms with E-state index in [0.29, 0.717) is 5.69 Å². The third kappa shape index (κ3) is 4.94. The summed E-state index contributed by atoms with van der Waals surface area (Å²) in [5.41, 5.74) is 3.16. The fourth-order valence-corrected chi connectivity index (χ4v) is 3.70. The molecule has 0 fully saturated rings. The summed E-state index contributed by atoms with van der Waals surface area (Å²) in [5.74, 6) is -0.252. The molecular weight excluding hydrogens is 396 g/mol. The molecule has 2 aromatic carbocycles. The Morgan fingerprint density at radius 1 is 1.14 bits per heavy atom. The van der Waals surface area contributed by atoms with Gasteiger partial charge in [-0.05, 0) is 50.2 Å². The largest absolute Gasteiger partial charge is 0.374 e. The van der Waals surface area contributed by atoms with Crippen LogP contribution < -0.4 is 15.8 Å². The molecule has 1 atom stereocenters. The van der Waals surface area contributed by atoms with E-state index in [1.165, 1.54) is 24.3 Å². The molecular formula is C19H20N4O3S2. The van der Waals surface area contributed by atoms with Crippen LogP contribution in [0, 0.1) is 6.92 Å². The number of aryl methyl sites for hydroxylation is 1. The second kappa shape index (κ2) is 8.09. The Labute approximate surface area is 167 Å². The van der Waals surface area contributed by atoms with Crippen LogP contribution in [0.1, 0.15) is 11.9 Å². The SMILES string of the molecule is Cc1nc(-c2cccc(NC(C)C(=O)Nc3ccc(S(N)(=O)=O)cc3)c2)cs1. The molecule has 28 heavy (non-hydrogen) atoms. The van der Waals surface area contributed by atoms with Gasteiger partial charge in [-0.1, -0.05) is 12.1 Å². The first kappa shape index (κ1) is 20.0. The van der Waals surface area contributed by atoms with Crippen molar-refractivity contribution in [2.24, 2.45) is 5.14 Å². The second-order valence-corrected chi connectivity index (χ2v) is 8.88. The molecule has 0 saturated carbocycles. The molecule has 0 aliphatic heterocycles. The van der Waals surface area contributed by atoms with Crippen LogP contribution in [0.2, 0.25) is 0 Å². The predicted octanol–water partition coefficient (Wildman–Crippen LogP) is 3.21. The number of amides is 1. The third-order valence-electron chi connectivity index (χ3n) is 4.00. The van der Waals surface area contributed by atoms with Gasteiger partial charge in [0.05, 0.1) is 15.6 Å². The lowest BCUT2D eigenvalue weighted by Crippen LogP contribution is -2.31. The van der Waals surface area contributed by atoms with Crippen LogP contribution in [-0.2, 0) is 14.8 Å². The summed E-state index contributed by atoms with van der Waals surface area (Å²) in [5, 5.41) is 14.0. The van der Waals surface area contributed by atoms with Gasteiger partial charge in [-0.25, -0.2) is 18.5 Å². The zero-order chi connectivity index (χ0) is 20.3. The quantitative estimate of drug-likeness (QED) is 0.571. The first-order valence-corrected chi connectivity index (χ1v) is 10.9. The predicted molar refractivity (Wildman–Crippen MR) is 112 cm³/mol. The van der Waals surface area contributed by atoms with Crippen LogP contribution in [-0.4, -0.2) is 25.4 Å². The van der Waals surface area contributed by atoms with Gasteiger partial charge >= 0.3 is 0 Å². The number of hydrogen-bond donors (Lipinski definition) is 3. The molecule has 3 aromatic rings. The van der Waals surface area contributed by atoms with Crippen molar-refractivity contribution in [3.05, 3.63) is 58.9 Å². The maximum atomic E-state index is 12.4. The molecule has 1 amide bonds. The number of hydrogen-bond acceptors (Lipinski definition) is 6. The Hall–Kier alpha value is -2.75. The van der Waals surface area contributed by atoms with Crippen LogP contribution in [0.5, 0.6) is 0 Å². The molecule has 146 valence electrons. The number of sulfonamides is 1. The van der Waals surface area contributed by atoms with Crippen molar-refractivity contribution in [2.45, 2.75) is 24.8 Å². The van der Waals surface area contributed by atoms with Crippen molar-refractivity contribution < 1.29 is 13.2 Å². The van der Waals surface area contributed by atoms with E-state index in [-0.39, 0.29) is 10.8 Å². The number of nitrogens with two attached hydrogens (primary N) is 1. The highest BCUT2D eigenvalue weighted by atomic mass is 32.2. The summed E-state index contributed by atoms with van der Waals surface area (Å²) < 4.78 is 22.6. The first-order valence-electron chi connectivity index (χ1n) is 8.45. The lowest BCUT2D eigenvalue weighted by molar-refractivity contribution is -0.116. The van der Waals surface area contributed by atoms with Gasteiger partial charge < -0.3 is 10.6 Å². The lowest BCUT2D eigenvalue weighted by atomic mass is 10.1. The Morgan fingerprint density at radius 3 is 2.46 bits per heavy atom. The number of carbonyl (C=O) groups is 1. The molecule has 3 rings (SSSR count). The highest BCUT2D eigenvalue weighted by molar-refractivity contribution is 7.89. The number of carbonyl (C=O) groups excluding carboxylic acids is 1. The summed E-state index contributed by atoms with van der Waals surface area (Å²) in [7, 11) is -3.76. The monoisotopic (exact) mass is 416 g/mol. The molecule has 9 heteroatoms. The highest BCUT2D eigenvalue weighted by Gasteiger charge is 2.14. The molecule has 4 N–H and O–H groups in total. The van der Waals surface area contributed by atoms with Crippen molar-refractivity contribution in [2.75, 3.05) is 10.6 Å². The molecule has 0 radical (unpaired) electrons. The number of thiazole rings is 1. The van der Waals surface area contributed by atoms with Crippen LogP contribution in [0.25, 0.3) is 11.3 Å². The van der Waals surface area contributed by atoms with E-state index in [1.807, 2.05) is 36.6 Å². The molecule has 1 unspecified atom stereocenters. The maximum absolute atomic E-state index is 12.4. The topological polar surface area (TPSA) is 114 Å². The minimum atomic E-state index is -3.76. The fraction of sp³-hybridized carbons (Fsp3) is 0.158. The number of nitrogens with zero attached hydrogens (tertiary/aromatic N) is 1. The average Bonchev–Trinajstić information content (AvgIpc) is 3.08. The van der Waals surface area contributed by atoms with Gasteiger partial charge in [0.15, 0.2) is 0 Å². The normalized spacial score (nSPS) is 12.4. The average molecular weight is 417 g/mol. The van der Waals surface area contributed by atoms with Gasteiger partial charge in [-0.3, -0.25) is 4.79 Å². The lowest BCUT2D eigenvalue weighted by Gasteiger charge is -2.16. The van der Waals surface area contributed by atoms with Crippen molar-refractivity contribution in [1.29, 1.82) is 0 Å². The number of primary sulfonamides is 1. The van der Waals surface area contributed by atoms with E-state index in [4.69, 9.17) is 5.14 Å². The maximum Gasteiger partial charge on any atom is 0.246 e. The molecule has 1 aromatic heterocycles. The van der Waals surface area contributed by atoms with Crippen molar-refractivity contribution >= 4 is 38.6 Å². The Balaban J connectivity index is 1.66. The van der Waals surface area contributed by atoms with Crippen molar-refractivity contribution in [3.63, 3.8) is 0 Å². The Morgan fingerprint density at radius 2 is 1.86 bits per heavy atom. The summed E-state index contributed by atoms with van der Waals surface area (Å²) in [6.45, 7) is 3.70. The standard InChI is InChI=1S/C19H20N4O3S2/c1-12(19(24)23-15-6-8-17(9-7-15)28(20,25)26)21-16-5-3-4-14(10-16)18-11-27-13(2)22-18/h3-12,21H,1-2H3,(H,23,24)(H2,20,25,26). The fourth-order valence-electron chi connectivity index (χ4n) is 2.56. The molecule has 0 saturated heterocycles. The van der Waals surface area contributed by atoms with E-state index in [2.05, 4.69) is 15.6 Å². The van der Waals surface area contributed by atoms with E-state index < -0.39 is 16.1 Å². The van der Waals surface area contributed by atoms with E-state index in [9.17, 15) is 13.2 Å².